The molecule has 2 aromatic carbocycles. The Bertz CT molecular complexity index is 887. The Hall–Kier alpha value is -3.19. The quantitative estimate of drug-likeness (QED) is 0.808. The van der Waals surface area contributed by atoms with Crippen molar-refractivity contribution >= 4 is 17.9 Å². The molecule has 4 rings (SSSR count). The molecule has 7 nitrogen and oxygen atoms in total. The van der Waals surface area contributed by atoms with Gasteiger partial charge in [0.1, 0.15) is 12.6 Å². The lowest BCUT2D eigenvalue weighted by atomic mass is 10.1. The molecule has 2 aliphatic rings. The lowest BCUT2D eigenvalue weighted by molar-refractivity contribution is -0.147. The number of hydrogen-bond donors (Lipinski definition) is 1. The molecule has 0 unspecified atom stereocenters. The summed E-state index contributed by atoms with van der Waals surface area (Å²) in [6, 6.07) is 18.0. The molecule has 0 spiro atoms. The molecule has 2 atom stereocenters. The van der Waals surface area contributed by atoms with Crippen molar-refractivity contribution in [1.82, 2.24) is 15.3 Å². The number of nitrogens with one attached hydrogen (secondary N) is 1. The minimum atomic E-state index is -0.691. The van der Waals surface area contributed by atoms with Crippen LogP contribution in [0.2, 0.25) is 0 Å². The van der Waals surface area contributed by atoms with Crippen molar-refractivity contribution in [2.24, 2.45) is 0 Å². The molecule has 0 aromatic heterocycles. The molecule has 2 heterocycles. The summed E-state index contributed by atoms with van der Waals surface area (Å²) in [5, 5.41) is 1.07. The molecular weight excluding hydrogens is 370 g/mol. The number of hydrazine groups is 1. The van der Waals surface area contributed by atoms with Crippen LogP contribution in [0.1, 0.15) is 36.4 Å². The lowest BCUT2D eigenvalue weighted by Crippen LogP contribution is -2.51. The zero-order chi connectivity index (χ0) is 20.2. The number of nitrogens with zero attached hydrogens (tertiary/aromatic N) is 2. The number of hydrogen-bond acceptors (Lipinski definition) is 5. The fourth-order valence-corrected chi connectivity index (χ4v) is 3.80. The Morgan fingerprint density at radius 3 is 2.45 bits per heavy atom. The van der Waals surface area contributed by atoms with Crippen molar-refractivity contribution in [3.63, 3.8) is 0 Å². The Kier molecular flexibility index (Phi) is 5.57. The number of carbonyl (C=O) groups excluding carboxylic acids is 3. The average molecular weight is 393 g/mol. The summed E-state index contributed by atoms with van der Waals surface area (Å²) in [5.74, 6) is -0.684. The second kappa shape index (κ2) is 8.45. The van der Waals surface area contributed by atoms with Crippen molar-refractivity contribution < 1.29 is 19.1 Å². The van der Waals surface area contributed by atoms with Crippen LogP contribution < -0.4 is 5.43 Å². The number of amides is 3. The van der Waals surface area contributed by atoms with Gasteiger partial charge < -0.3 is 4.74 Å². The number of carbonyl (C=O) groups is 3. The van der Waals surface area contributed by atoms with E-state index in [4.69, 9.17) is 4.74 Å². The fourth-order valence-electron chi connectivity index (χ4n) is 3.80. The topological polar surface area (TPSA) is 79.0 Å². The van der Waals surface area contributed by atoms with Crippen molar-refractivity contribution in [2.75, 3.05) is 6.54 Å². The third kappa shape index (κ3) is 4.14. The highest BCUT2D eigenvalue weighted by Crippen LogP contribution is 2.27. The second-order valence-corrected chi connectivity index (χ2v) is 7.26. The molecule has 7 heteroatoms. The van der Waals surface area contributed by atoms with Gasteiger partial charge in [0.05, 0.1) is 6.04 Å². The summed E-state index contributed by atoms with van der Waals surface area (Å²) in [4.78, 5) is 39.4. The summed E-state index contributed by atoms with van der Waals surface area (Å²) >= 11 is 0. The van der Waals surface area contributed by atoms with Crippen molar-refractivity contribution in [2.45, 2.75) is 38.0 Å². The van der Waals surface area contributed by atoms with Crippen LogP contribution in [0.4, 0.5) is 4.79 Å². The summed E-state index contributed by atoms with van der Waals surface area (Å²) in [6.45, 7) is 0.586. The van der Waals surface area contributed by atoms with E-state index in [-0.39, 0.29) is 25.0 Å². The zero-order valence-electron chi connectivity index (χ0n) is 16.0. The van der Waals surface area contributed by atoms with Gasteiger partial charge in [0.25, 0.3) is 5.91 Å². The van der Waals surface area contributed by atoms with E-state index in [0.29, 0.717) is 19.4 Å². The maximum Gasteiger partial charge on any atom is 0.410 e. The second-order valence-electron chi connectivity index (χ2n) is 7.26. The SMILES string of the molecule is O=C1C[C@H](c2ccccc2)NN1C(=O)[C@@H]1CCCN1C(=O)OCc1ccccc1. The standard InChI is InChI=1S/C22H23N3O4/c26-20-14-18(17-10-5-2-6-11-17)23-25(20)21(27)19-12-7-13-24(19)22(28)29-15-16-8-3-1-4-9-16/h1-6,8-11,18-19,23H,7,12-15H2/t18-,19+/m1/s1. The van der Waals surface area contributed by atoms with Gasteiger partial charge in [-0.2, -0.15) is 0 Å². The maximum atomic E-state index is 13.0. The number of imide groups is 1. The first kappa shape index (κ1) is 19.1. The molecule has 0 bridgehead atoms. The van der Waals surface area contributed by atoms with Crippen LogP contribution >= 0.6 is 0 Å². The maximum absolute atomic E-state index is 13.0. The van der Waals surface area contributed by atoms with Gasteiger partial charge in [-0.05, 0) is 24.0 Å². The third-order valence-corrected chi connectivity index (χ3v) is 5.31. The van der Waals surface area contributed by atoms with E-state index < -0.39 is 18.0 Å². The van der Waals surface area contributed by atoms with E-state index in [9.17, 15) is 14.4 Å². The van der Waals surface area contributed by atoms with Crippen molar-refractivity contribution in [3.8, 4) is 0 Å². The molecule has 150 valence electrons. The van der Waals surface area contributed by atoms with Crippen LogP contribution in [0.25, 0.3) is 0 Å². The minimum absolute atomic E-state index is 0.147. The summed E-state index contributed by atoms with van der Waals surface area (Å²) in [5.41, 5.74) is 4.83. The Morgan fingerprint density at radius 2 is 1.72 bits per heavy atom. The highest BCUT2D eigenvalue weighted by molar-refractivity contribution is 6.00. The smallest absolute Gasteiger partial charge is 0.410 e. The number of ether oxygens (including phenoxy) is 1. The van der Waals surface area contributed by atoms with Gasteiger partial charge in [-0.3, -0.25) is 14.5 Å². The Balaban J connectivity index is 1.39. The van der Waals surface area contributed by atoms with Gasteiger partial charge in [-0.15, -0.1) is 0 Å². The van der Waals surface area contributed by atoms with Gasteiger partial charge >= 0.3 is 6.09 Å². The van der Waals surface area contributed by atoms with E-state index in [2.05, 4.69) is 5.43 Å². The number of likely N-dealkylation sites (tertiary alicyclic amines) is 1. The predicted octanol–water partition coefficient (Wildman–Crippen LogP) is 2.79. The first-order valence-corrected chi connectivity index (χ1v) is 9.79. The molecule has 1 N–H and O–H groups in total. The molecular formula is C22H23N3O4. The van der Waals surface area contributed by atoms with Crippen LogP contribution in [-0.2, 0) is 20.9 Å². The van der Waals surface area contributed by atoms with Gasteiger partial charge in [0, 0.05) is 13.0 Å². The van der Waals surface area contributed by atoms with E-state index in [0.717, 1.165) is 16.1 Å². The molecule has 2 aromatic rings. The normalized spacial score (nSPS) is 21.4. The summed E-state index contributed by atoms with van der Waals surface area (Å²) in [7, 11) is 0. The van der Waals surface area contributed by atoms with Crippen LogP contribution in [0.3, 0.4) is 0 Å². The van der Waals surface area contributed by atoms with E-state index in [1.54, 1.807) is 0 Å². The van der Waals surface area contributed by atoms with E-state index >= 15 is 0 Å². The monoisotopic (exact) mass is 393 g/mol. The molecule has 0 saturated carbocycles. The highest BCUT2D eigenvalue weighted by atomic mass is 16.6. The van der Waals surface area contributed by atoms with E-state index in [1.807, 2.05) is 60.7 Å². The first-order chi connectivity index (χ1) is 14.1. The Labute approximate surface area is 169 Å². The first-order valence-electron chi connectivity index (χ1n) is 9.79. The average Bonchev–Trinajstić information content (AvgIpc) is 3.40. The van der Waals surface area contributed by atoms with Crippen LogP contribution in [-0.4, -0.2) is 40.4 Å². The van der Waals surface area contributed by atoms with E-state index in [1.165, 1.54) is 4.90 Å². The molecule has 0 radical (unpaired) electrons. The van der Waals surface area contributed by atoms with Crippen LogP contribution in [0.15, 0.2) is 60.7 Å². The molecule has 2 saturated heterocycles. The fraction of sp³-hybridized carbons (Fsp3) is 0.318. The highest BCUT2D eigenvalue weighted by Gasteiger charge is 2.43. The molecule has 29 heavy (non-hydrogen) atoms. The van der Waals surface area contributed by atoms with Crippen molar-refractivity contribution in [1.29, 1.82) is 0 Å². The van der Waals surface area contributed by atoms with Gasteiger partial charge in [-0.1, -0.05) is 60.7 Å². The van der Waals surface area contributed by atoms with Gasteiger partial charge in [-0.25, -0.2) is 15.2 Å². The van der Waals surface area contributed by atoms with Gasteiger partial charge in [0.2, 0.25) is 5.91 Å². The molecule has 2 fully saturated rings. The largest absolute Gasteiger partial charge is 0.445 e. The summed E-state index contributed by atoms with van der Waals surface area (Å²) in [6.07, 6.45) is 0.888. The van der Waals surface area contributed by atoms with Gasteiger partial charge in [0.15, 0.2) is 0 Å². The predicted molar refractivity (Wildman–Crippen MR) is 105 cm³/mol. The Morgan fingerprint density at radius 1 is 1.03 bits per heavy atom. The summed E-state index contributed by atoms with van der Waals surface area (Å²) < 4.78 is 5.38. The third-order valence-electron chi connectivity index (χ3n) is 5.31. The van der Waals surface area contributed by atoms with Crippen molar-refractivity contribution in [3.05, 3.63) is 71.8 Å². The minimum Gasteiger partial charge on any atom is -0.445 e. The molecule has 3 amide bonds. The molecule has 2 aliphatic heterocycles. The lowest BCUT2D eigenvalue weighted by Gasteiger charge is -2.26. The van der Waals surface area contributed by atoms with Crippen LogP contribution in [0.5, 0.6) is 0 Å². The zero-order valence-corrected chi connectivity index (χ0v) is 16.0. The number of benzene rings is 2. The van der Waals surface area contributed by atoms with Crippen LogP contribution in [0, 0.1) is 0 Å². The number of rotatable bonds is 4. The molecule has 0 aliphatic carbocycles.